The van der Waals surface area contributed by atoms with Crippen molar-refractivity contribution in [2.45, 2.75) is 11.4 Å². The molecule has 7 nitrogen and oxygen atoms in total. The average Bonchev–Trinajstić information content (AvgIpc) is 2.68. The van der Waals surface area contributed by atoms with Crippen molar-refractivity contribution in [2.24, 2.45) is 5.73 Å². The van der Waals surface area contributed by atoms with Crippen LogP contribution in [-0.2, 0) is 20.4 Å². The van der Waals surface area contributed by atoms with Crippen LogP contribution in [-0.4, -0.2) is 24.9 Å². The van der Waals surface area contributed by atoms with Gasteiger partial charge in [-0.25, -0.2) is 17.6 Å². The van der Waals surface area contributed by atoms with Gasteiger partial charge in [-0.2, -0.15) is 0 Å². The largest absolute Gasteiger partial charge is 0.351 e. The van der Waals surface area contributed by atoms with Crippen LogP contribution in [0.4, 0.5) is 9.18 Å². The van der Waals surface area contributed by atoms with Crippen LogP contribution in [0, 0.1) is 5.82 Å². The van der Waals surface area contributed by atoms with E-state index in [4.69, 9.17) is 16.4 Å². The first kappa shape index (κ1) is 15.3. The number of carbonyl (C=O) groups is 2. The number of aromatic nitrogens is 1. The van der Waals surface area contributed by atoms with Gasteiger partial charge in [0.25, 0.3) is 9.05 Å². The van der Waals surface area contributed by atoms with Crippen LogP contribution in [0.25, 0.3) is 10.9 Å². The SMILES string of the molecule is NC(=O)NC(=O)Cn1cc(S(=O)(=O)Cl)c2c(F)cccc21. The first-order chi connectivity index (χ1) is 9.70. The number of benzene rings is 1. The summed E-state index contributed by atoms with van der Waals surface area (Å²) in [7, 11) is 1.06. The Balaban J connectivity index is 2.58. The molecule has 1 aromatic heterocycles. The number of nitrogens with one attached hydrogen (secondary N) is 1. The maximum Gasteiger partial charge on any atom is 0.318 e. The summed E-state index contributed by atoms with van der Waals surface area (Å²) in [6, 6.07) is 2.79. The van der Waals surface area contributed by atoms with E-state index in [1.54, 1.807) is 0 Å². The second-order valence-corrected chi connectivity index (χ2v) is 6.64. The van der Waals surface area contributed by atoms with Gasteiger partial charge in [0, 0.05) is 16.9 Å². The van der Waals surface area contributed by atoms with Gasteiger partial charge in [0.05, 0.1) is 10.9 Å². The molecule has 3 amide bonds. The molecule has 0 unspecified atom stereocenters. The van der Waals surface area contributed by atoms with Crippen molar-refractivity contribution in [1.29, 1.82) is 0 Å². The third kappa shape index (κ3) is 3.14. The summed E-state index contributed by atoms with van der Waals surface area (Å²) < 4.78 is 38.0. The molecule has 21 heavy (non-hydrogen) atoms. The lowest BCUT2D eigenvalue weighted by Gasteiger charge is -2.04. The van der Waals surface area contributed by atoms with Gasteiger partial charge >= 0.3 is 6.03 Å². The van der Waals surface area contributed by atoms with E-state index in [-0.39, 0.29) is 10.9 Å². The fourth-order valence-corrected chi connectivity index (χ4v) is 2.97. The van der Waals surface area contributed by atoms with Crippen LogP contribution in [0.15, 0.2) is 29.3 Å². The highest BCUT2D eigenvalue weighted by atomic mass is 35.7. The summed E-state index contributed by atoms with van der Waals surface area (Å²) in [6.07, 6.45) is 1.02. The number of halogens is 2. The number of rotatable bonds is 3. The molecule has 0 bridgehead atoms. The monoisotopic (exact) mass is 333 g/mol. The number of nitrogens with zero attached hydrogens (tertiary/aromatic N) is 1. The normalized spacial score (nSPS) is 11.5. The first-order valence-electron chi connectivity index (χ1n) is 5.51. The molecule has 0 atom stereocenters. The van der Waals surface area contributed by atoms with Gasteiger partial charge in [-0.15, -0.1) is 0 Å². The predicted octanol–water partition coefficient (Wildman–Crippen LogP) is 0.903. The van der Waals surface area contributed by atoms with E-state index in [1.165, 1.54) is 12.1 Å². The highest BCUT2D eigenvalue weighted by molar-refractivity contribution is 8.14. The fourth-order valence-electron chi connectivity index (χ4n) is 1.92. The minimum atomic E-state index is -4.20. The molecule has 0 aliphatic heterocycles. The van der Waals surface area contributed by atoms with Gasteiger partial charge in [0.1, 0.15) is 17.3 Å². The number of hydrogen-bond acceptors (Lipinski definition) is 4. The maximum atomic E-state index is 13.8. The van der Waals surface area contributed by atoms with E-state index in [0.29, 0.717) is 0 Å². The Morgan fingerprint density at radius 2 is 2.05 bits per heavy atom. The number of fused-ring (bicyclic) bond motifs is 1. The van der Waals surface area contributed by atoms with Crippen molar-refractivity contribution >= 4 is 42.6 Å². The lowest BCUT2D eigenvalue weighted by molar-refractivity contribution is -0.120. The second-order valence-electron chi connectivity index (χ2n) is 4.11. The standard InChI is InChI=1S/C11H9ClFN3O4S/c12-21(19,20)8-4-16(5-9(17)15-11(14)18)7-3-1-2-6(13)10(7)8/h1-4H,5H2,(H3,14,15,17,18). The third-order valence-corrected chi connectivity index (χ3v) is 3.99. The van der Waals surface area contributed by atoms with Crippen LogP contribution in [0.3, 0.4) is 0 Å². The molecule has 3 N–H and O–H groups in total. The number of nitrogens with two attached hydrogens (primary N) is 1. The van der Waals surface area contributed by atoms with Crippen molar-refractivity contribution < 1.29 is 22.4 Å². The van der Waals surface area contributed by atoms with Crippen molar-refractivity contribution in [3.63, 3.8) is 0 Å². The Morgan fingerprint density at radius 1 is 1.38 bits per heavy atom. The zero-order valence-corrected chi connectivity index (χ0v) is 11.9. The number of amides is 3. The van der Waals surface area contributed by atoms with Gasteiger partial charge in [0.15, 0.2) is 0 Å². The van der Waals surface area contributed by atoms with Crippen LogP contribution in [0.1, 0.15) is 0 Å². The summed E-state index contributed by atoms with van der Waals surface area (Å²) >= 11 is 0. The minimum absolute atomic E-state index is 0.147. The van der Waals surface area contributed by atoms with E-state index in [9.17, 15) is 22.4 Å². The lowest BCUT2D eigenvalue weighted by atomic mass is 10.2. The van der Waals surface area contributed by atoms with Crippen LogP contribution < -0.4 is 11.1 Å². The Hall–Kier alpha value is -2.13. The van der Waals surface area contributed by atoms with E-state index < -0.39 is 38.2 Å². The third-order valence-electron chi connectivity index (χ3n) is 2.66. The van der Waals surface area contributed by atoms with E-state index in [2.05, 4.69) is 0 Å². The van der Waals surface area contributed by atoms with E-state index in [1.807, 2.05) is 5.32 Å². The summed E-state index contributed by atoms with van der Waals surface area (Å²) in [6.45, 7) is -0.421. The summed E-state index contributed by atoms with van der Waals surface area (Å²) in [5, 5.41) is 1.60. The molecule has 0 spiro atoms. The first-order valence-corrected chi connectivity index (χ1v) is 7.82. The predicted molar refractivity (Wildman–Crippen MR) is 72.7 cm³/mol. The number of carbonyl (C=O) groups excluding carboxylic acids is 2. The molecule has 0 aliphatic carbocycles. The number of urea groups is 1. The zero-order valence-electron chi connectivity index (χ0n) is 10.3. The molecule has 112 valence electrons. The molecule has 1 heterocycles. The molecule has 0 saturated heterocycles. The fraction of sp³-hybridized carbons (Fsp3) is 0.0909. The summed E-state index contributed by atoms with van der Waals surface area (Å²) in [5.41, 5.74) is 4.95. The summed E-state index contributed by atoms with van der Waals surface area (Å²) in [5.74, 6) is -1.57. The smallest absolute Gasteiger partial charge is 0.318 e. The van der Waals surface area contributed by atoms with Crippen LogP contribution >= 0.6 is 10.7 Å². The van der Waals surface area contributed by atoms with E-state index in [0.717, 1.165) is 16.8 Å². The van der Waals surface area contributed by atoms with Crippen LogP contribution in [0.2, 0.25) is 0 Å². The average molecular weight is 334 g/mol. The number of hydrogen-bond donors (Lipinski definition) is 2. The molecule has 0 saturated carbocycles. The molecule has 0 fully saturated rings. The van der Waals surface area contributed by atoms with Gasteiger partial charge in [-0.1, -0.05) is 6.07 Å². The molecule has 1 aromatic carbocycles. The Bertz CT molecular complexity index is 847. The van der Waals surface area contributed by atoms with E-state index >= 15 is 0 Å². The van der Waals surface area contributed by atoms with Gasteiger partial charge in [-0.3, -0.25) is 10.1 Å². The lowest BCUT2D eigenvalue weighted by Crippen LogP contribution is -2.37. The van der Waals surface area contributed by atoms with Gasteiger partial charge < -0.3 is 10.3 Å². The van der Waals surface area contributed by atoms with Crippen molar-refractivity contribution in [3.05, 3.63) is 30.2 Å². The Morgan fingerprint density at radius 3 is 2.62 bits per heavy atom. The minimum Gasteiger partial charge on any atom is -0.351 e. The Labute approximate surface area is 122 Å². The van der Waals surface area contributed by atoms with Gasteiger partial charge in [-0.05, 0) is 12.1 Å². The highest BCUT2D eigenvalue weighted by Crippen LogP contribution is 2.30. The van der Waals surface area contributed by atoms with Crippen LogP contribution in [0.5, 0.6) is 0 Å². The molecule has 2 rings (SSSR count). The molecule has 0 aliphatic rings. The maximum absolute atomic E-state index is 13.8. The quantitative estimate of drug-likeness (QED) is 0.813. The topological polar surface area (TPSA) is 111 Å². The summed E-state index contributed by atoms with van der Waals surface area (Å²) in [4.78, 5) is 21.6. The molecule has 10 heteroatoms. The van der Waals surface area contributed by atoms with Gasteiger partial charge in [0.2, 0.25) is 5.91 Å². The number of primary amides is 1. The van der Waals surface area contributed by atoms with Crippen molar-refractivity contribution in [1.82, 2.24) is 9.88 Å². The molecule has 0 radical (unpaired) electrons. The second kappa shape index (κ2) is 5.34. The Kier molecular flexibility index (Phi) is 3.88. The molecular formula is C11H9ClFN3O4S. The zero-order chi connectivity index (χ0) is 15.8. The van der Waals surface area contributed by atoms with Crippen molar-refractivity contribution in [2.75, 3.05) is 0 Å². The number of imide groups is 1. The molecular weight excluding hydrogens is 325 g/mol. The van der Waals surface area contributed by atoms with Crippen molar-refractivity contribution in [3.8, 4) is 0 Å². The highest BCUT2D eigenvalue weighted by Gasteiger charge is 2.22. The molecule has 2 aromatic rings.